The average Bonchev–Trinajstić information content (AvgIpc) is 2.73. The van der Waals surface area contributed by atoms with Crippen LogP contribution in [0.5, 0.6) is 5.75 Å². The van der Waals surface area contributed by atoms with E-state index in [4.69, 9.17) is 14.9 Å². The number of hydrogen-bond acceptors (Lipinski definition) is 6. The van der Waals surface area contributed by atoms with Gasteiger partial charge in [0.2, 0.25) is 0 Å². The van der Waals surface area contributed by atoms with E-state index in [1.807, 2.05) is 22.6 Å². The predicted octanol–water partition coefficient (Wildman–Crippen LogP) is 2.64. The highest BCUT2D eigenvalue weighted by molar-refractivity contribution is 14.1. The molecule has 1 aliphatic rings. The maximum Gasteiger partial charge on any atom is 0.341 e. The monoisotopic (exact) mass is 541 g/mol. The van der Waals surface area contributed by atoms with Crippen LogP contribution in [-0.2, 0) is 14.4 Å². The van der Waals surface area contributed by atoms with Gasteiger partial charge < -0.3 is 14.9 Å². The van der Waals surface area contributed by atoms with E-state index in [1.54, 1.807) is 12.1 Å². The van der Waals surface area contributed by atoms with Gasteiger partial charge in [0, 0.05) is 0 Å². The van der Waals surface area contributed by atoms with Crippen molar-refractivity contribution in [3.63, 3.8) is 0 Å². The van der Waals surface area contributed by atoms with Crippen LogP contribution < -0.4 is 4.74 Å². The Hall–Kier alpha value is -1.60. The SMILES string of the molecule is O=C(O)COc1c(Br)cc(/C=C2/SC(=O)N(CC(=O)O)C2=O)cc1I. The Kier molecular flexibility index (Phi) is 6.46. The first-order valence-electron chi connectivity index (χ1n) is 6.50. The van der Waals surface area contributed by atoms with Gasteiger partial charge in [-0.1, -0.05) is 0 Å². The van der Waals surface area contributed by atoms with Crippen molar-refractivity contribution >= 4 is 79.4 Å². The largest absolute Gasteiger partial charge is 0.480 e. The van der Waals surface area contributed by atoms with Crippen LogP contribution in [0.2, 0.25) is 0 Å². The molecule has 25 heavy (non-hydrogen) atoms. The average molecular weight is 542 g/mol. The number of carbonyl (C=O) groups is 4. The number of halogens is 2. The lowest BCUT2D eigenvalue weighted by Gasteiger charge is -2.10. The third-order valence-electron chi connectivity index (χ3n) is 2.83. The number of thioether (sulfide) groups is 1. The second-order valence-electron chi connectivity index (χ2n) is 4.66. The number of carbonyl (C=O) groups excluding carboxylic acids is 2. The summed E-state index contributed by atoms with van der Waals surface area (Å²) < 4.78 is 6.26. The molecule has 0 spiro atoms. The molecule has 2 N–H and O–H groups in total. The topological polar surface area (TPSA) is 121 Å². The molecule has 1 saturated heterocycles. The molecule has 0 bridgehead atoms. The quantitative estimate of drug-likeness (QED) is 0.416. The van der Waals surface area contributed by atoms with Gasteiger partial charge >= 0.3 is 11.9 Å². The number of carboxylic acid groups (broad SMARTS) is 2. The van der Waals surface area contributed by atoms with Crippen molar-refractivity contribution in [2.24, 2.45) is 0 Å². The molecule has 1 fully saturated rings. The Morgan fingerprint density at radius 2 is 1.96 bits per heavy atom. The number of amides is 2. The zero-order chi connectivity index (χ0) is 18.7. The molecule has 0 saturated carbocycles. The molecule has 2 amide bonds. The maximum absolute atomic E-state index is 12.1. The van der Waals surface area contributed by atoms with Gasteiger partial charge in [-0.3, -0.25) is 19.3 Å². The van der Waals surface area contributed by atoms with Gasteiger partial charge in [0.1, 0.15) is 12.3 Å². The minimum absolute atomic E-state index is 0.105. The van der Waals surface area contributed by atoms with E-state index in [-0.39, 0.29) is 4.91 Å². The van der Waals surface area contributed by atoms with Gasteiger partial charge in [-0.2, -0.15) is 0 Å². The number of benzene rings is 1. The van der Waals surface area contributed by atoms with Gasteiger partial charge in [-0.15, -0.1) is 0 Å². The van der Waals surface area contributed by atoms with E-state index in [9.17, 15) is 19.2 Å². The molecular weight excluding hydrogens is 533 g/mol. The lowest BCUT2D eigenvalue weighted by Crippen LogP contribution is -2.33. The second-order valence-corrected chi connectivity index (χ2v) is 7.67. The number of ether oxygens (including phenoxy) is 1. The zero-order valence-electron chi connectivity index (χ0n) is 12.2. The van der Waals surface area contributed by atoms with Gasteiger partial charge in [0.15, 0.2) is 6.61 Å². The van der Waals surface area contributed by atoms with Gasteiger partial charge in [0.05, 0.1) is 12.9 Å². The third-order valence-corrected chi connectivity index (χ3v) is 5.12. The van der Waals surface area contributed by atoms with Gasteiger partial charge in [0.25, 0.3) is 11.1 Å². The van der Waals surface area contributed by atoms with Crippen molar-refractivity contribution in [3.05, 3.63) is 30.6 Å². The van der Waals surface area contributed by atoms with E-state index in [2.05, 4.69) is 15.9 Å². The molecule has 2 rings (SSSR count). The van der Waals surface area contributed by atoms with Crippen molar-refractivity contribution in [2.75, 3.05) is 13.2 Å². The molecule has 1 aromatic rings. The van der Waals surface area contributed by atoms with Crippen LogP contribution in [0.25, 0.3) is 6.08 Å². The van der Waals surface area contributed by atoms with Crippen molar-refractivity contribution in [1.29, 1.82) is 0 Å². The number of hydrogen-bond donors (Lipinski definition) is 2. The van der Waals surface area contributed by atoms with Crippen LogP contribution >= 0.6 is 50.3 Å². The number of imide groups is 1. The molecule has 132 valence electrons. The lowest BCUT2D eigenvalue weighted by molar-refractivity contribution is -0.140. The first kappa shape index (κ1) is 19.7. The first-order valence-corrected chi connectivity index (χ1v) is 9.18. The summed E-state index contributed by atoms with van der Waals surface area (Å²) in [6.07, 6.45) is 1.46. The van der Waals surface area contributed by atoms with Crippen molar-refractivity contribution in [1.82, 2.24) is 4.90 Å². The zero-order valence-corrected chi connectivity index (χ0v) is 16.8. The normalized spacial score (nSPS) is 15.8. The van der Waals surface area contributed by atoms with E-state index in [1.165, 1.54) is 6.08 Å². The van der Waals surface area contributed by atoms with Gasteiger partial charge in [-0.25, -0.2) is 4.79 Å². The molecule has 0 aliphatic carbocycles. The number of rotatable bonds is 6. The minimum Gasteiger partial charge on any atom is -0.480 e. The van der Waals surface area contributed by atoms with E-state index in [0.29, 0.717) is 36.0 Å². The molecule has 0 aromatic heterocycles. The molecule has 11 heteroatoms. The first-order chi connectivity index (χ1) is 11.7. The summed E-state index contributed by atoms with van der Waals surface area (Å²) in [6.45, 7) is -1.19. The summed E-state index contributed by atoms with van der Waals surface area (Å²) in [6, 6.07) is 3.25. The smallest absolute Gasteiger partial charge is 0.341 e. The molecule has 0 radical (unpaired) electrons. The van der Waals surface area contributed by atoms with Gasteiger partial charge in [-0.05, 0) is 74.1 Å². The lowest BCUT2D eigenvalue weighted by atomic mass is 10.2. The van der Waals surface area contributed by atoms with Crippen molar-refractivity contribution < 1.29 is 34.1 Å². The molecule has 1 heterocycles. The van der Waals surface area contributed by atoms with E-state index in [0.717, 1.165) is 0 Å². The highest BCUT2D eigenvalue weighted by Gasteiger charge is 2.36. The van der Waals surface area contributed by atoms with Crippen LogP contribution in [-0.4, -0.2) is 51.3 Å². The summed E-state index contributed by atoms with van der Waals surface area (Å²) in [5, 5.41) is 16.8. The van der Waals surface area contributed by atoms with Crippen molar-refractivity contribution in [2.45, 2.75) is 0 Å². The fourth-order valence-corrected chi connectivity index (χ4v) is 4.46. The molecular formula is C14H9BrINO7S. The van der Waals surface area contributed by atoms with Crippen LogP contribution in [0, 0.1) is 3.57 Å². The Labute approximate surface area is 167 Å². The van der Waals surface area contributed by atoms with Crippen molar-refractivity contribution in [3.8, 4) is 5.75 Å². The fourth-order valence-electron chi connectivity index (χ4n) is 1.86. The summed E-state index contributed by atoms with van der Waals surface area (Å²) in [7, 11) is 0. The molecule has 0 unspecified atom stereocenters. The summed E-state index contributed by atoms with van der Waals surface area (Å²) >= 11 is 5.88. The molecule has 1 aromatic carbocycles. The van der Waals surface area contributed by atoms with E-state index >= 15 is 0 Å². The molecule has 0 atom stereocenters. The summed E-state index contributed by atoms with van der Waals surface area (Å²) in [5.41, 5.74) is 0.569. The maximum atomic E-state index is 12.1. The second kappa shape index (κ2) is 8.19. The summed E-state index contributed by atoms with van der Waals surface area (Å²) in [5.74, 6) is -2.71. The predicted molar refractivity (Wildman–Crippen MR) is 100 cm³/mol. The van der Waals surface area contributed by atoms with Crippen LogP contribution in [0.1, 0.15) is 5.56 Å². The molecule has 1 aliphatic heterocycles. The Morgan fingerprint density at radius 3 is 2.52 bits per heavy atom. The highest BCUT2D eigenvalue weighted by atomic mass is 127. The fraction of sp³-hybridized carbons (Fsp3) is 0.143. The summed E-state index contributed by atoms with van der Waals surface area (Å²) in [4.78, 5) is 45.9. The van der Waals surface area contributed by atoms with Crippen LogP contribution in [0.4, 0.5) is 4.79 Å². The standard InChI is InChI=1S/C14H9BrINO7S/c15-7-1-6(2-8(16)12(7)24-5-11(20)21)3-9-13(22)17(4-10(18)19)14(23)25-9/h1-3H,4-5H2,(H,18,19)(H,20,21)/b9-3+. The number of carboxylic acids is 2. The van der Waals surface area contributed by atoms with Crippen LogP contribution in [0.15, 0.2) is 21.5 Å². The Morgan fingerprint density at radius 1 is 1.28 bits per heavy atom. The Bertz CT molecular complexity index is 787. The highest BCUT2D eigenvalue weighted by Crippen LogP contribution is 2.36. The third kappa shape index (κ3) is 4.95. The number of nitrogens with zero attached hydrogens (tertiary/aromatic N) is 1. The van der Waals surface area contributed by atoms with Crippen LogP contribution in [0.3, 0.4) is 0 Å². The molecule has 8 nitrogen and oxygen atoms in total. The van der Waals surface area contributed by atoms with E-state index < -0.39 is 36.2 Å². The minimum atomic E-state index is -1.28. The number of aliphatic carboxylic acids is 2. The Balaban J connectivity index is 2.26.